The lowest BCUT2D eigenvalue weighted by Gasteiger charge is -2.14. The number of nitrogens with zero attached hydrogens (tertiary/aromatic N) is 4. The molecule has 4 aromatic heterocycles. The third-order valence-corrected chi connectivity index (χ3v) is 12.7. The molecule has 1 aliphatic carbocycles. The molecule has 0 fully saturated rings. The van der Waals surface area contributed by atoms with E-state index in [-0.39, 0.29) is 0 Å². The minimum Gasteiger partial charge on any atom is -0.452 e. The summed E-state index contributed by atoms with van der Waals surface area (Å²) in [5.74, 6) is 0.600. The molecule has 0 saturated carbocycles. The second kappa shape index (κ2) is 11.3. The molecule has 0 aliphatic heterocycles. The highest BCUT2D eigenvalue weighted by molar-refractivity contribution is 6.27. The molecular weight excluding hydrogens is 721 g/mol. The summed E-state index contributed by atoms with van der Waals surface area (Å²) in [7, 11) is 0. The van der Waals surface area contributed by atoms with Crippen molar-refractivity contribution in [3.8, 4) is 45.1 Å². The van der Waals surface area contributed by atoms with Crippen molar-refractivity contribution in [2.45, 2.75) is 0 Å². The maximum Gasteiger partial charge on any atom is 0.236 e. The first kappa shape index (κ1) is 31.1. The van der Waals surface area contributed by atoms with Crippen LogP contribution in [0.25, 0.3) is 132 Å². The Labute approximate surface area is 336 Å². The topological polar surface area (TPSA) is 48.8 Å². The normalized spacial score (nSPS) is 12.4. The van der Waals surface area contributed by atoms with E-state index in [9.17, 15) is 0 Å². The molecule has 0 radical (unpaired) electrons. The number of para-hydroxylation sites is 3. The Bertz CT molecular complexity index is 3950. The zero-order chi connectivity index (χ0) is 38.3. The van der Waals surface area contributed by atoms with Gasteiger partial charge in [0.2, 0.25) is 5.95 Å². The molecular formula is C54H30N4O. The Morgan fingerprint density at radius 3 is 1.95 bits per heavy atom. The lowest BCUT2D eigenvalue weighted by atomic mass is 10.0. The summed E-state index contributed by atoms with van der Waals surface area (Å²) in [4.78, 5) is 10.9. The van der Waals surface area contributed by atoms with Crippen molar-refractivity contribution in [1.29, 1.82) is 0 Å². The van der Waals surface area contributed by atoms with Crippen LogP contribution in [-0.4, -0.2) is 19.1 Å². The highest BCUT2D eigenvalue weighted by Gasteiger charge is 2.27. The maximum atomic E-state index is 6.59. The Kier molecular flexibility index (Phi) is 5.96. The van der Waals surface area contributed by atoms with Gasteiger partial charge in [0, 0.05) is 37.9 Å². The number of hydrogen-bond acceptors (Lipinski definition) is 3. The summed E-state index contributed by atoms with van der Waals surface area (Å²) < 4.78 is 11.3. The van der Waals surface area contributed by atoms with Gasteiger partial charge in [0.05, 0.1) is 27.8 Å². The van der Waals surface area contributed by atoms with Crippen LogP contribution < -0.4 is 0 Å². The Morgan fingerprint density at radius 1 is 0.407 bits per heavy atom. The third kappa shape index (κ3) is 4.08. The fraction of sp³-hybridized carbons (Fsp3) is 0. The number of benzene rings is 9. The van der Waals surface area contributed by atoms with Crippen molar-refractivity contribution in [2.75, 3.05) is 0 Å². The van der Waals surface area contributed by atoms with Crippen LogP contribution >= 0.6 is 0 Å². The molecule has 5 heteroatoms. The fourth-order valence-electron chi connectivity index (χ4n) is 10.2. The number of rotatable bonds is 3. The van der Waals surface area contributed by atoms with Crippen LogP contribution in [0.1, 0.15) is 0 Å². The van der Waals surface area contributed by atoms with E-state index in [0.717, 1.165) is 60.6 Å². The molecule has 59 heavy (non-hydrogen) atoms. The van der Waals surface area contributed by atoms with Crippen LogP contribution in [0.5, 0.6) is 0 Å². The molecule has 0 amide bonds. The van der Waals surface area contributed by atoms with Gasteiger partial charge in [-0.1, -0.05) is 140 Å². The average molecular weight is 751 g/mol. The highest BCUT2D eigenvalue weighted by Crippen LogP contribution is 2.50. The van der Waals surface area contributed by atoms with Crippen molar-refractivity contribution in [3.63, 3.8) is 0 Å². The van der Waals surface area contributed by atoms with E-state index in [1.807, 2.05) is 18.2 Å². The zero-order valence-electron chi connectivity index (χ0n) is 31.5. The fourth-order valence-corrected chi connectivity index (χ4v) is 10.2. The van der Waals surface area contributed by atoms with E-state index < -0.39 is 0 Å². The van der Waals surface area contributed by atoms with Crippen molar-refractivity contribution in [2.24, 2.45) is 0 Å². The lowest BCUT2D eigenvalue weighted by molar-refractivity contribution is 0.666. The standard InChI is InChI=1S/C54H30N4O/c1-2-13-32-30-33(25-24-31(32)12-1)50-53-51(42-18-7-10-23-47(42)59-53)56-54(55-50)58-44-22-9-6-17-41(44)49-46(58)29-27-39-36-16-5-8-21-43(36)57(52(39)49)45-28-26-38-35-15-4-3-14-34(35)37-19-11-20-40(45)48(37)38/h1-30H. The first-order valence-electron chi connectivity index (χ1n) is 20.1. The van der Waals surface area contributed by atoms with Crippen LogP contribution in [0.2, 0.25) is 0 Å². The molecule has 14 rings (SSSR count). The predicted molar refractivity (Wildman–Crippen MR) is 243 cm³/mol. The molecule has 272 valence electrons. The molecule has 0 N–H and O–H groups in total. The Balaban J connectivity index is 1.11. The summed E-state index contributed by atoms with van der Waals surface area (Å²) in [5.41, 5.74) is 14.8. The van der Waals surface area contributed by atoms with E-state index in [0.29, 0.717) is 11.5 Å². The summed E-state index contributed by atoms with van der Waals surface area (Å²) >= 11 is 0. The molecule has 1 aliphatic rings. The quantitative estimate of drug-likeness (QED) is 0.181. The van der Waals surface area contributed by atoms with Gasteiger partial charge in [-0.3, -0.25) is 4.57 Å². The third-order valence-electron chi connectivity index (χ3n) is 12.7. The predicted octanol–water partition coefficient (Wildman–Crippen LogP) is 14.2. The summed E-state index contributed by atoms with van der Waals surface area (Å²) in [6.45, 7) is 0. The van der Waals surface area contributed by atoms with Crippen LogP contribution in [0.3, 0.4) is 0 Å². The first-order valence-corrected chi connectivity index (χ1v) is 20.1. The molecule has 5 nitrogen and oxygen atoms in total. The molecule has 13 aromatic rings. The molecule has 9 aromatic carbocycles. The van der Waals surface area contributed by atoms with Gasteiger partial charge in [-0.05, 0) is 80.9 Å². The maximum absolute atomic E-state index is 6.59. The minimum absolute atomic E-state index is 0.600. The Morgan fingerprint density at radius 2 is 1.08 bits per heavy atom. The van der Waals surface area contributed by atoms with Gasteiger partial charge in [-0.15, -0.1) is 0 Å². The molecule has 0 saturated heterocycles. The highest BCUT2D eigenvalue weighted by atomic mass is 16.3. The van der Waals surface area contributed by atoms with Crippen molar-refractivity contribution >= 4 is 87.2 Å². The number of aromatic nitrogens is 4. The van der Waals surface area contributed by atoms with Crippen LogP contribution in [0.15, 0.2) is 186 Å². The monoisotopic (exact) mass is 750 g/mol. The molecule has 0 spiro atoms. The Hall–Kier alpha value is -8.02. The van der Waals surface area contributed by atoms with Crippen LogP contribution in [0, 0.1) is 0 Å². The SMILES string of the molecule is c1ccc2c(c1)-c1cccc3c(-n4c5ccccc5c5ccc6c(c7ccccc7n6-c6nc(-c7ccc8ccccc8c7)c7oc8ccccc8c7n6)c54)ccc-2c13. The smallest absolute Gasteiger partial charge is 0.236 e. The summed E-state index contributed by atoms with van der Waals surface area (Å²) in [6, 6.07) is 65.4. The van der Waals surface area contributed by atoms with Crippen LogP contribution in [0.4, 0.5) is 0 Å². The van der Waals surface area contributed by atoms with E-state index in [1.165, 1.54) is 60.2 Å². The van der Waals surface area contributed by atoms with Gasteiger partial charge in [0.1, 0.15) is 16.8 Å². The summed E-state index contributed by atoms with van der Waals surface area (Å²) in [6.07, 6.45) is 0. The minimum atomic E-state index is 0.600. The van der Waals surface area contributed by atoms with Gasteiger partial charge in [-0.25, -0.2) is 9.97 Å². The second-order valence-electron chi connectivity index (χ2n) is 15.7. The zero-order valence-corrected chi connectivity index (χ0v) is 31.5. The first-order chi connectivity index (χ1) is 29.3. The van der Waals surface area contributed by atoms with Gasteiger partial charge < -0.3 is 8.98 Å². The molecule has 4 heterocycles. The average Bonchev–Trinajstić information content (AvgIpc) is 4.03. The van der Waals surface area contributed by atoms with Gasteiger partial charge in [0.25, 0.3) is 0 Å². The van der Waals surface area contributed by atoms with Gasteiger partial charge in [-0.2, -0.15) is 0 Å². The van der Waals surface area contributed by atoms with Crippen LogP contribution in [-0.2, 0) is 0 Å². The van der Waals surface area contributed by atoms with Crippen molar-refractivity contribution in [3.05, 3.63) is 182 Å². The van der Waals surface area contributed by atoms with Crippen molar-refractivity contribution < 1.29 is 4.42 Å². The molecule has 0 bridgehead atoms. The number of fused-ring (bicyclic) bond motifs is 14. The van der Waals surface area contributed by atoms with E-state index in [1.54, 1.807) is 0 Å². The van der Waals surface area contributed by atoms with Gasteiger partial charge >= 0.3 is 0 Å². The summed E-state index contributed by atoms with van der Waals surface area (Å²) in [5, 5.41) is 10.6. The van der Waals surface area contributed by atoms with Crippen molar-refractivity contribution in [1.82, 2.24) is 19.1 Å². The largest absolute Gasteiger partial charge is 0.452 e. The number of hydrogen-bond donors (Lipinski definition) is 0. The lowest BCUT2D eigenvalue weighted by Crippen LogP contribution is -2.03. The molecule has 0 unspecified atom stereocenters. The second-order valence-corrected chi connectivity index (χ2v) is 15.7. The van der Waals surface area contributed by atoms with E-state index in [4.69, 9.17) is 14.4 Å². The molecule has 0 atom stereocenters. The van der Waals surface area contributed by atoms with Gasteiger partial charge in [0.15, 0.2) is 5.58 Å². The van der Waals surface area contributed by atoms with E-state index in [2.05, 4.69) is 173 Å². The number of furan rings is 1. The van der Waals surface area contributed by atoms with E-state index >= 15 is 0 Å².